The van der Waals surface area contributed by atoms with Crippen LogP contribution in [0.5, 0.6) is 0 Å². The average molecular weight is 260 g/mol. The van der Waals surface area contributed by atoms with Crippen LogP contribution in [-0.4, -0.2) is 23.3 Å². The van der Waals surface area contributed by atoms with E-state index in [2.05, 4.69) is 4.74 Å². The summed E-state index contributed by atoms with van der Waals surface area (Å²) in [7, 11) is 1.37. The van der Waals surface area contributed by atoms with Crippen molar-refractivity contribution in [1.82, 2.24) is 0 Å². The normalized spacial score (nSPS) is 31.4. The molecule has 0 spiro atoms. The summed E-state index contributed by atoms with van der Waals surface area (Å²) < 4.78 is 4.69. The van der Waals surface area contributed by atoms with E-state index in [1.54, 1.807) is 0 Å². The highest BCUT2D eigenvalue weighted by Crippen LogP contribution is 2.62. The number of carbonyl (C=O) groups excluding carboxylic acids is 1. The smallest absolute Gasteiger partial charge is 0.309 e. The summed E-state index contributed by atoms with van der Waals surface area (Å²) in [5.41, 5.74) is -0.165. The molecule has 1 aliphatic carbocycles. The van der Waals surface area contributed by atoms with Crippen LogP contribution in [0.3, 0.4) is 0 Å². The second-order valence-corrected chi connectivity index (χ2v) is 5.79. The summed E-state index contributed by atoms with van der Waals surface area (Å²) >= 11 is 17.4. The molecule has 3 atom stereocenters. The lowest BCUT2D eigenvalue weighted by Gasteiger charge is -2.10. The van der Waals surface area contributed by atoms with E-state index in [0.29, 0.717) is 0 Å². The first-order valence-electron chi connectivity index (χ1n) is 4.34. The van der Waals surface area contributed by atoms with Gasteiger partial charge < -0.3 is 4.74 Å². The highest BCUT2D eigenvalue weighted by molar-refractivity contribution is 6.48. The molecule has 1 fully saturated rings. The predicted octanol–water partition coefficient (Wildman–Crippen LogP) is 2.84. The quantitative estimate of drug-likeness (QED) is 0.575. The summed E-state index contributed by atoms with van der Waals surface area (Å²) in [5.74, 6) is -0.425. The van der Waals surface area contributed by atoms with E-state index >= 15 is 0 Å². The van der Waals surface area contributed by atoms with Crippen LogP contribution in [0.25, 0.3) is 0 Å². The summed E-state index contributed by atoms with van der Waals surface area (Å²) in [6.45, 7) is 3.93. The number of alkyl halides is 3. The highest BCUT2D eigenvalue weighted by Gasteiger charge is 2.65. The van der Waals surface area contributed by atoms with Gasteiger partial charge in [0.05, 0.1) is 18.4 Å². The lowest BCUT2D eigenvalue weighted by molar-refractivity contribution is -0.143. The number of rotatable bonds is 3. The SMILES string of the molecule is COC(=O)C1C(C(Cl)C(Cl)Cl)C1(C)C. The Morgan fingerprint density at radius 1 is 1.36 bits per heavy atom. The largest absolute Gasteiger partial charge is 0.469 e. The minimum absolute atomic E-state index is 0.00313. The third-order valence-corrected chi connectivity index (χ3v) is 4.27. The zero-order valence-electron chi connectivity index (χ0n) is 8.26. The number of esters is 1. The number of hydrogen-bond acceptors (Lipinski definition) is 2. The van der Waals surface area contributed by atoms with Gasteiger partial charge in [-0.2, -0.15) is 0 Å². The summed E-state index contributed by atoms with van der Waals surface area (Å²) in [6, 6.07) is 0. The fourth-order valence-electron chi connectivity index (χ4n) is 2.01. The van der Waals surface area contributed by atoms with Crippen molar-refractivity contribution in [2.24, 2.45) is 17.3 Å². The summed E-state index contributed by atoms with van der Waals surface area (Å²) in [6.07, 6.45) is 0. The van der Waals surface area contributed by atoms with E-state index in [1.165, 1.54) is 7.11 Å². The van der Waals surface area contributed by atoms with Crippen LogP contribution in [0.2, 0.25) is 0 Å². The lowest BCUT2D eigenvalue weighted by Crippen LogP contribution is -2.16. The molecule has 0 heterocycles. The Morgan fingerprint density at radius 2 is 1.86 bits per heavy atom. The fourth-order valence-corrected chi connectivity index (χ4v) is 2.79. The predicted molar refractivity (Wildman–Crippen MR) is 57.9 cm³/mol. The molecule has 0 radical (unpaired) electrons. The van der Waals surface area contributed by atoms with Crippen molar-refractivity contribution in [2.45, 2.75) is 24.1 Å². The molecule has 5 heteroatoms. The van der Waals surface area contributed by atoms with Crippen LogP contribution in [0.15, 0.2) is 0 Å². The van der Waals surface area contributed by atoms with Gasteiger partial charge in [-0.15, -0.1) is 34.8 Å². The molecule has 1 aliphatic rings. The number of halogens is 3. The highest BCUT2D eigenvalue weighted by atomic mass is 35.5. The van der Waals surface area contributed by atoms with E-state index in [1.807, 2.05) is 13.8 Å². The molecular weight excluding hydrogens is 246 g/mol. The molecule has 2 nitrogen and oxygen atoms in total. The van der Waals surface area contributed by atoms with Crippen molar-refractivity contribution in [1.29, 1.82) is 0 Å². The third-order valence-electron chi connectivity index (χ3n) is 2.95. The van der Waals surface area contributed by atoms with Gasteiger partial charge in [0.2, 0.25) is 0 Å². The van der Waals surface area contributed by atoms with E-state index in [4.69, 9.17) is 34.8 Å². The molecule has 0 bridgehead atoms. The van der Waals surface area contributed by atoms with Crippen LogP contribution in [-0.2, 0) is 9.53 Å². The molecule has 0 aromatic heterocycles. The molecule has 14 heavy (non-hydrogen) atoms. The number of ether oxygens (including phenoxy) is 1. The van der Waals surface area contributed by atoms with Crippen molar-refractivity contribution in [3.05, 3.63) is 0 Å². The second-order valence-electron chi connectivity index (χ2n) is 4.13. The van der Waals surface area contributed by atoms with Crippen LogP contribution in [0.4, 0.5) is 0 Å². The minimum Gasteiger partial charge on any atom is -0.469 e. The Morgan fingerprint density at radius 3 is 2.21 bits per heavy atom. The van der Waals surface area contributed by atoms with Gasteiger partial charge in [-0.1, -0.05) is 13.8 Å². The first kappa shape index (κ1) is 12.4. The van der Waals surface area contributed by atoms with E-state index in [-0.39, 0.29) is 23.2 Å². The van der Waals surface area contributed by atoms with Crippen LogP contribution in [0.1, 0.15) is 13.8 Å². The fraction of sp³-hybridized carbons (Fsp3) is 0.889. The van der Waals surface area contributed by atoms with Gasteiger partial charge in [-0.25, -0.2) is 0 Å². The molecular formula is C9H13Cl3O2. The molecule has 0 N–H and O–H groups in total. The van der Waals surface area contributed by atoms with Crippen molar-refractivity contribution < 1.29 is 9.53 Å². The Balaban J connectivity index is 2.70. The standard InChI is InChI=1S/C9H13Cl3O2/c1-9(2)4(6(10)7(11)12)5(9)8(13)14-3/h4-7H,1-3H3. The number of hydrogen-bond donors (Lipinski definition) is 0. The van der Waals surface area contributed by atoms with Gasteiger partial charge >= 0.3 is 5.97 Å². The molecule has 3 unspecified atom stereocenters. The Bertz CT molecular complexity index is 240. The number of methoxy groups -OCH3 is 1. The van der Waals surface area contributed by atoms with Crippen molar-refractivity contribution in [3.8, 4) is 0 Å². The Kier molecular flexibility index (Phi) is 3.61. The van der Waals surface area contributed by atoms with Gasteiger partial charge in [0.1, 0.15) is 4.84 Å². The first-order valence-corrected chi connectivity index (χ1v) is 5.65. The van der Waals surface area contributed by atoms with E-state index < -0.39 is 10.2 Å². The van der Waals surface area contributed by atoms with Gasteiger partial charge in [0.25, 0.3) is 0 Å². The second kappa shape index (κ2) is 4.07. The molecule has 1 saturated carbocycles. The molecule has 82 valence electrons. The van der Waals surface area contributed by atoms with Crippen LogP contribution >= 0.6 is 34.8 Å². The average Bonchev–Trinajstić information content (AvgIpc) is 2.66. The Labute approximate surface area is 98.8 Å². The maximum Gasteiger partial charge on any atom is 0.309 e. The minimum atomic E-state index is -0.657. The summed E-state index contributed by atoms with van der Waals surface area (Å²) in [5, 5.41) is -0.405. The third kappa shape index (κ3) is 1.98. The Hall–Kier alpha value is 0.340. The first-order chi connectivity index (χ1) is 6.34. The molecule has 1 rings (SSSR count). The van der Waals surface area contributed by atoms with Crippen molar-refractivity contribution >= 4 is 40.8 Å². The molecule has 0 saturated heterocycles. The van der Waals surface area contributed by atoms with Crippen molar-refractivity contribution in [3.63, 3.8) is 0 Å². The maximum absolute atomic E-state index is 11.4. The molecule has 0 aliphatic heterocycles. The monoisotopic (exact) mass is 258 g/mol. The van der Waals surface area contributed by atoms with Gasteiger partial charge in [-0.05, 0) is 11.3 Å². The molecule has 0 aromatic carbocycles. The van der Waals surface area contributed by atoms with E-state index in [0.717, 1.165) is 0 Å². The van der Waals surface area contributed by atoms with Gasteiger partial charge in [0.15, 0.2) is 0 Å². The topological polar surface area (TPSA) is 26.3 Å². The maximum atomic E-state index is 11.4. The lowest BCUT2D eigenvalue weighted by atomic mass is 10.1. The molecule has 0 amide bonds. The van der Waals surface area contributed by atoms with Crippen molar-refractivity contribution in [2.75, 3.05) is 7.11 Å². The van der Waals surface area contributed by atoms with Gasteiger partial charge in [0, 0.05) is 0 Å². The zero-order valence-corrected chi connectivity index (χ0v) is 10.5. The van der Waals surface area contributed by atoms with Crippen LogP contribution in [0, 0.1) is 17.3 Å². The van der Waals surface area contributed by atoms with Crippen LogP contribution < -0.4 is 0 Å². The zero-order chi connectivity index (χ0) is 11.1. The van der Waals surface area contributed by atoms with Gasteiger partial charge in [-0.3, -0.25) is 4.79 Å². The van der Waals surface area contributed by atoms with E-state index in [9.17, 15) is 4.79 Å². The number of carbonyl (C=O) groups is 1. The molecule has 0 aromatic rings. The summed E-state index contributed by atoms with van der Waals surface area (Å²) in [4.78, 5) is 10.7.